The number of anilines is 1. The number of fused-ring (bicyclic) bond motifs is 1. The van der Waals surface area contributed by atoms with Crippen molar-refractivity contribution in [3.8, 4) is 0 Å². The first-order valence-corrected chi connectivity index (χ1v) is 7.46. The van der Waals surface area contributed by atoms with Crippen molar-refractivity contribution in [1.29, 1.82) is 0 Å². The molecule has 2 aliphatic rings. The second-order valence-electron chi connectivity index (χ2n) is 5.62. The Morgan fingerprint density at radius 3 is 2.84 bits per heavy atom. The number of rotatable bonds is 3. The van der Waals surface area contributed by atoms with Crippen LogP contribution in [0.5, 0.6) is 0 Å². The fourth-order valence-corrected chi connectivity index (χ4v) is 3.37. The zero-order valence-electron chi connectivity index (χ0n) is 11.6. The van der Waals surface area contributed by atoms with Crippen LogP contribution in [0.3, 0.4) is 0 Å². The molecule has 3 nitrogen and oxygen atoms in total. The molecule has 1 saturated carbocycles. The van der Waals surface area contributed by atoms with E-state index in [-0.39, 0.29) is 6.10 Å². The summed E-state index contributed by atoms with van der Waals surface area (Å²) in [4.78, 5) is 2.49. The highest BCUT2D eigenvalue weighted by atomic mass is 16.5. The summed E-state index contributed by atoms with van der Waals surface area (Å²) in [6, 6.07) is 8.96. The van der Waals surface area contributed by atoms with Crippen molar-refractivity contribution in [2.45, 2.75) is 50.9 Å². The summed E-state index contributed by atoms with van der Waals surface area (Å²) in [7, 11) is 0. The van der Waals surface area contributed by atoms with E-state index in [2.05, 4.69) is 29.2 Å². The number of aliphatic hydroxyl groups is 1. The molecule has 0 bridgehead atoms. The Hall–Kier alpha value is -1.06. The second-order valence-corrected chi connectivity index (χ2v) is 5.62. The molecule has 1 aliphatic carbocycles. The predicted molar refractivity (Wildman–Crippen MR) is 76.4 cm³/mol. The lowest BCUT2D eigenvalue weighted by Gasteiger charge is -2.39. The van der Waals surface area contributed by atoms with Gasteiger partial charge in [-0.3, -0.25) is 0 Å². The van der Waals surface area contributed by atoms with Crippen LogP contribution in [0.2, 0.25) is 0 Å². The van der Waals surface area contributed by atoms with Crippen molar-refractivity contribution in [2.24, 2.45) is 0 Å². The molecule has 2 fully saturated rings. The van der Waals surface area contributed by atoms with Gasteiger partial charge in [-0.1, -0.05) is 19.1 Å². The predicted octanol–water partition coefficient (Wildman–Crippen LogP) is 2.89. The summed E-state index contributed by atoms with van der Waals surface area (Å²) in [5.74, 6) is 0. The van der Waals surface area contributed by atoms with Crippen molar-refractivity contribution < 1.29 is 9.84 Å². The largest absolute Gasteiger partial charge is 0.388 e. The van der Waals surface area contributed by atoms with Gasteiger partial charge in [-0.25, -0.2) is 0 Å². The number of nitrogens with zero attached hydrogens (tertiary/aromatic N) is 1. The Morgan fingerprint density at radius 1 is 1.32 bits per heavy atom. The van der Waals surface area contributed by atoms with Gasteiger partial charge in [0.25, 0.3) is 0 Å². The van der Waals surface area contributed by atoms with Gasteiger partial charge in [0.2, 0.25) is 0 Å². The first kappa shape index (κ1) is 12.9. The van der Waals surface area contributed by atoms with Crippen LogP contribution in [0.25, 0.3) is 0 Å². The minimum atomic E-state index is -0.335. The van der Waals surface area contributed by atoms with E-state index in [0.29, 0.717) is 12.1 Å². The number of aliphatic hydroxyl groups excluding tert-OH is 1. The fraction of sp³-hybridized carbons (Fsp3) is 0.625. The molecule has 1 aromatic carbocycles. The standard InChI is InChI=1S/C16H23NO2/c1-2-15(18)12-6-8-13(9-7-12)17-10-11-19-16-5-3-4-14(16)17/h6-9,14-16,18H,2-5,10-11H2,1H3/t14?,15-,16?/m1/s1. The average Bonchev–Trinajstić information content (AvgIpc) is 2.95. The van der Waals surface area contributed by atoms with Gasteiger partial charge < -0.3 is 14.7 Å². The Labute approximate surface area is 115 Å². The summed E-state index contributed by atoms with van der Waals surface area (Å²) < 4.78 is 5.85. The Balaban J connectivity index is 1.77. The molecule has 19 heavy (non-hydrogen) atoms. The van der Waals surface area contributed by atoms with Crippen LogP contribution in [0, 0.1) is 0 Å². The number of ether oxygens (including phenoxy) is 1. The SMILES string of the molecule is CC[C@@H](O)c1ccc(N2CCOC3CCCC32)cc1. The van der Waals surface area contributed by atoms with Crippen LogP contribution < -0.4 is 4.90 Å². The maximum atomic E-state index is 9.85. The Bertz CT molecular complexity index is 417. The summed E-state index contributed by atoms with van der Waals surface area (Å²) in [5, 5.41) is 9.85. The number of morpholine rings is 1. The third-order valence-corrected chi connectivity index (χ3v) is 4.48. The van der Waals surface area contributed by atoms with Gasteiger partial charge in [0.05, 0.1) is 24.9 Å². The third kappa shape index (κ3) is 2.49. The van der Waals surface area contributed by atoms with E-state index in [1.807, 2.05) is 6.92 Å². The Kier molecular flexibility index (Phi) is 3.76. The van der Waals surface area contributed by atoms with Crippen molar-refractivity contribution in [2.75, 3.05) is 18.1 Å². The normalized spacial score (nSPS) is 28.2. The molecule has 104 valence electrons. The third-order valence-electron chi connectivity index (χ3n) is 4.48. The van der Waals surface area contributed by atoms with Crippen molar-refractivity contribution in [1.82, 2.24) is 0 Å². The molecule has 0 radical (unpaired) electrons. The fourth-order valence-electron chi connectivity index (χ4n) is 3.37. The van der Waals surface area contributed by atoms with Crippen molar-refractivity contribution in [3.05, 3.63) is 29.8 Å². The average molecular weight is 261 g/mol. The molecule has 3 rings (SSSR count). The van der Waals surface area contributed by atoms with Gasteiger partial charge in [0, 0.05) is 12.2 Å². The zero-order valence-corrected chi connectivity index (χ0v) is 11.6. The van der Waals surface area contributed by atoms with Crippen LogP contribution in [-0.4, -0.2) is 30.4 Å². The maximum Gasteiger partial charge on any atom is 0.0787 e. The molecule has 1 aromatic rings. The highest BCUT2D eigenvalue weighted by molar-refractivity contribution is 5.50. The summed E-state index contributed by atoms with van der Waals surface area (Å²) in [5.41, 5.74) is 2.29. The lowest BCUT2D eigenvalue weighted by atomic mass is 10.0. The molecular weight excluding hydrogens is 238 g/mol. The van der Waals surface area contributed by atoms with Gasteiger partial charge in [-0.15, -0.1) is 0 Å². The van der Waals surface area contributed by atoms with Gasteiger partial charge in [-0.05, 0) is 43.4 Å². The first-order valence-electron chi connectivity index (χ1n) is 7.46. The highest BCUT2D eigenvalue weighted by Gasteiger charge is 2.36. The van der Waals surface area contributed by atoms with Gasteiger partial charge >= 0.3 is 0 Å². The van der Waals surface area contributed by atoms with Crippen LogP contribution >= 0.6 is 0 Å². The molecule has 0 aromatic heterocycles. The molecule has 3 heteroatoms. The smallest absolute Gasteiger partial charge is 0.0787 e. The minimum absolute atomic E-state index is 0.335. The van der Waals surface area contributed by atoms with E-state index in [0.717, 1.165) is 25.1 Å². The minimum Gasteiger partial charge on any atom is -0.388 e. The highest BCUT2D eigenvalue weighted by Crippen LogP contribution is 2.33. The van der Waals surface area contributed by atoms with Gasteiger partial charge in [0.15, 0.2) is 0 Å². The summed E-state index contributed by atoms with van der Waals surface area (Å²) in [6.45, 7) is 3.82. The van der Waals surface area contributed by atoms with Crippen LogP contribution in [0.15, 0.2) is 24.3 Å². The molecule has 2 unspecified atom stereocenters. The lowest BCUT2D eigenvalue weighted by molar-refractivity contribution is 0.0256. The quantitative estimate of drug-likeness (QED) is 0.908. The van der Waals surface area contributed by atoms with E-state index in [9.17, 15) is 5.11 Å². The van der Waals surface area contributed by atoms with E-state index < -0.39 is 0 Å². The summed E-state index contributed by atoms with van der Waals surface area (Å²) in [6.07, 6.45) is 4.57. The van der Waals surface area contributed by atoms with E-state index in [4.69, 9.17) is 4.74 Å². The first-order chi connectivity index (χ1) is 9.29. The van der Waals surface area contributed by atoms with Crippen LogP contribution in [-0.2, 0) is 4.74 Å². The molecular formula is C16H23NO2. The molecule has 1 N–H and O–H groups in total. The molecule has 1 saturated heterocycles. The van der Waals surface area contributed by atoms with E-state index >= 15 is 0 Å². The maximum absolute atomic E-state index is 9.85. The Morgan fingerprint density at radius 2 is 2.11 bits per heavy atom. The summed E-state index contributed by atoms with van der Waals surface area (Å²) >= 11 is 0. The van der Waals surface area contributed by atoms with E-state index in [1.165, 1.54) is 24.9 Å². The van der Waals surface area contributed by atoms with Gasteiger partial charge in [-0.2, -0.15) is 0 Å². The number of hydrogen-bond acceptors (Lipinski definition) is 3. The molecule has 1 aliphatic heterocycles. The second kappa shape index (κ2) is 5.51. The van der Waals surface area contributed by atoms with E-state index in [1.54, 1.807) is 0 Å². The van der Waals surface area contributed by atoms with Crippen LogP contribution in [0.4, 0.5) is 5.69 Å². The van der Waals surface area contributed by atoms with Gasteiger partial charge in [0.1, 0.15) is 0 Å². The molecule has 0 spiro atoms. The van der Waals surface area contributed by atoms with Crippen LogP contribution in [0.1, 0.15) is 44.3 Å². The number of hydrogen-bond donors (Lipinski definition) is 1. The molecule has 1 heterocycles. The zero-order chi connectivity index (χ0) is 13.2. The molecule has 3 atom stereocenters. The topological polar surface area (TPSA) is 32.7 Å². The lowest BCUT2D eigenvalue weighted by Crippen LogP contribution is -2.48. The molecule has 0 amide bonds. The van der Waals surface area contributed by atoms with Crippen molar-refractivity contribution in [3.63, 3.8) is 0 Å². The monoisotopic (exact) mass is 261 g/mol. The number of benzene rings is 1. The van der Waals surface area contributed by atoms with Crippen molar-refractivity contribution >= 4 is 5.69 Å².